The largest absolute Gasteiger partial charge is 0.353 e. The van der Waals surface area contributed by atoms with E-state index in [4.69, 9.17) is 0 Å². The quantitative estimate of drug-likeness (QED) is 0.305. The highest BCUT2D eigenvalue weighted by Gasteiger charge is 2.38. The predicted molar refractivity (Wildman–Crippen MR) is 169 cm³/mol. The number of rotatable bonds is 7. The number of pyridine rings is 1. The van der Waals surface area contributed by atoms with Gasteiger partial charge in [0.1, 0.15) is 16.9 Å². The number of nitrogens with one attached hydrogen (secondary N) is 1. The number of amides is 1. The number of fused-ring (bicyclic) bond motifs is 1. The molecular formula is C34H34FN5O3S. The van der Waals surface area contributed by atoms with Crippen LogP contribution in [0.15, 0.2) is 82.5 Å². The van der Waals surface area contributed by atoms with Crippen molar-refractivity contribution in [2.75, 3.05) is 11.5 Å². The average molecular weight is 612 g/mol. The topological polar surface area (TPSA) is 110 Å². The summed E-state index contributed by atoms with van der Waals surface area (Å²) in [5.74, 6) is 0.970. The third kappa shape index (κ3) is 5.69. The molecule has 6 rings (SSSR count). The Labute approximate surface area is 258 Å². The first kappa shape index (κ1) is 29.8. The second-order valence-corrected chi connectivity index (χ2v) is 12.9. The number of hydrogen-bond acceptors (Lipinski definition) is 6. The third-order valence-electron chi connectivity index (χ3n) is 9.06. The molecule has 1 aliphatic heterocycles. The van der Waals surface area contributed by atoms with Gasteiger partial charge < -0.3 is 5.32 Å². The molecule has 2 fully saturated rings. The van der Waals surface area contributed by atoms with E-state index < -0.39 is 22.5 Å². The smallest absolute Gasteiger partial charge is 0.333 e. The van der Waals surface area contributed by atoms with E-state index in [1.54, 1.807) is 4.57 Å². The fourth-order valence-corrected chi connectivity index (χ4v) is 7.86. The number of carbonyl (C=O) groups is 1. The number of nitriles is 1. The maximum absolute atomic E-state index is 14.2. The Morgan fingerprint density at radius 2 is 1.52 bits per heavy atom. The predicted octanol–water partition coefficient (Wildman–Crippen LogP) is 5.27. The summed E-state index contributed by atoms with van der Waals surface area (Å²) < 4.78 is 17.1. The molecule has 1 amide bonds. The molecule has 8 nitrogen and oxygen atoms in total. The summed E-state index contributed by atoms with van der Waals surface area (Å²) in [6.07, 6.45) is 4.74. The van der Waals surface area contributed by atoms with Crippen molar-refractivity contribution in [3.8, 4) is 6.07 Å². The number of thioether (sulfide) groups is 1. The monoisotopic (exact) mass is 611 g/mol. The van der Waals surface area contributed by atoms with Crippen molar-refractivity contribution in [3.05, 3.63) is 111 Å². The van der Waals surface area contributed by atoms with Crippen molar-refractivity contribution in [3.63, 3.8) is 0 Å². The number of carbonyl (C=O) groups excluding carboxylic acids is 1. The van der Waals surface area contributed by atoms with Gasteiger partial charge in [-0.2, -0.15) is 17.0 Å². The first-order valence-electron chi connectivity index (χ1n) is 15.1. The lowest BCUT2D eigenvalue weighted by atomic mass is 9.73. The zero-order valence-corrected chi connectivity index (χ0v) is 25.1. The van der Waals surface area contributed by atoms with E-state index in [2.05, 4.69) is 16.4 Å². The molecular weight excluding hydrogens is 577 g/mol. The van der Waals surface area contributed by atoms with Gasteiger partial charge in [0, 0.05) is 18.1 Å². The van der Waals surface area contributed by atoms with E-state index >= 15 is 0 Å². The zero-order chi connectivity index (χ0) is 30.7. The maximum Gasteiger partial charge on any atom is 0.333 e. The van der Waals surface area contributed by atoms with Crippen LogP contribution in [-0.4, -0.2) is 37.6 Å². The molecule has 0 bridgehead atoms. The Bertz CT molecular complexity index is 1770. The minimum Gasteiger partial charge on any atom is -0.353 e. The first-order chi connectivity index (χ1) is 21.4. The van der Waals surface area contributed by atoms with Crippen molar-refractivity contribution in [2.24, 2.45) is 0 Å². The number of aromatic nitrogens is 3. The Kier molecular flexibility index (Phi) is 8.67. The van der Waals surface area contributed by atoms with Gasteiger partial charge in [-0.1, -0.05) is 60.7 Å². The molecule has 1 N–H and O–H groups in total. The number of hydrogen-bond donors (Lipinski definition) is 1. The van der Waals surface area contributed by atoms with Crippen LogP contribution in [0.1, 0.15) is 68.2 Å². The second kappa shape index (κ2) is 12.8. The summed E-state index contributed by atoms with van der Waals surface area (Å²) in [4.78, 5) is 45.1. The summed E-state index contributed by atoms with van der Waals surface area (Å²) in [5, 5.41) is 13.7. The molecule has 0 radical (unpaired) electrons. The van der Waals surface area contributed by atoms with E-state index in [9.17, 15) is 24.0 Å². The zero-order valence-electron chi connectivity index (χ0n) is 24.3. The standard InChI is InChI=1S/C34H34FN5O3S/c35-25-19-29-31(37-21-25)39(28-15-17-44-18-16-28)33(43)40(32(29)42)27-13-11-26(12-14-27)38-30(41)20-34(22-36,23-7-3-1-4-8-23)24-9-5-2-6-10-24/h1-10,19,21,26-28H,11-18,20H2,(H,38,41). The molecule has 0 spiro atoms. The number of nitrogens with zero attached hydrogens (tertiary/aromatic N) is 4. The second-order valence-electron chi connectivity index (χ2n) is 11.7. The van der Waals surface area contributed by atoms with Gasteiger partial charge in [-0.3, -0.25) is 18.7 Å². The SMILES string of the molecule is N#CC(CC(=O)NC1CCC(n2c(=O)c3cc(F)cnc3n(C3CCSCC3)c2=O)CC1)(c1ccccc1)c1ccccc1. The van der Waals surface area contributed by atoms with Gasteiger partial charge in [-0.25, -0.2) is 14.2 Å². The Hall–Kier alpha value is -4.23. The van der Waals surface area contributed by atoms with Crippen LogP contribution in [0.2, 0.25) is 0 Å². The highest BCUT2D eigenvalue weighted by atomic mass is 32.2. The van der Waals surface area contributed by atoms with Crippen molar-refractivity contribution in [1.82, 2.24) is 19.4 Å². The third-order valence-corrected chi connectivity index (χ3v) is 10.1. The fraction of sp³-hybridized carbons (Fsp3) is 0.382. The van der Waals surface area contributed by atoms with E-state index in [0.717, 1.165) is 41.7 Å². The van der Waals surface area contributed by atoms with Crippen LogP contribution in [0.5, 0.6) is 0 Å². The molecule has 0 atom stereocenters. The lowest BCUT2D eigenvalue weighted by Gasteiger charge is -2.33. The van der Waals surface area contributed by atoms with Gasteiger partial charge in [0.05, 0.1) is 24.1 Å². The number of halogens is 1. The van der Waals surface area contributed by atoms with Gasteiger partial charge in [0.25, 0.3) is 5.56 Å². The van der Waals surface area contributed by atoms with Gasteiger partial charge in [0.2, 0.25) is 5.91 Å². The van der Waals surface area contributed by atoms with E-state index in [1.165, 1.54) is 10.6 Å². The van der Waals surface area contributed by atoms with E-state index in [-0.39, 0.29) is 41.5 Å². The van der Waals surface area contributed by atoms with E-state index in [0.29, 0.717) is 25.7 Å². The highest BCUT2D eigenvalue weighted by Crippen LogP contribution is 2.36. The summed E-state index contributed by atoms with van der Waals surface area (Å²) in [7, 11) is 0. The summed E-state index contributed by atoms with van der Waals surface area (Å²) in [6.45, 7) is 0. The van der Waals surface area contributed by atoms with Crippen LogP contribution in [0.25, 0.3) is 11.0 Å². The normalized spacial score (nSPS) is 19.4. The molecule has 2 aromatic carbocycles. The summed E-state index contributed by atoms with van der Waals surface area (Å²) in [5.41, 5.74) is -0.308. The first-order valence-corrected chi connectivity index (χ1v) is 16.3. The molecule has 44 heavy (non-hydrogen) atoms. The van der Waals surface area contributed by atoms with Crippen molar-refractivity contribution >= 4 is 28.7 Å². The summed E-state index contributed by atoms with van der Waals surface area (Å²) >= 11 is 1.83. The van der Waals surface area contributed by atoms with Crippen LogP contribution in [0.3, 0.4) is 0 Å². The van der Waals surface area contributed by atoms with Crippen LogP contribution in [-0.2, 0) is 10.2 Å². The Morgan fingerprint density at radius 1 is 0.932 bits per heavy atom. The van der Waals surface area contributed by atoms with Gasteiger partial charge in [0.15, 0.2) is 0 Å². The number of benzene rings is 2. The molecule has 4 aromatic rings. The van der Waals surface area contributed by atoms with Gasteiger partial charge in [-0.15, -0.1) is 0 Å². The minimum absolute atomic E-state index is 0.0372. The minimum atomic E-state index is -1.14. The van der Waals surface area contributed by atoms with Gasteiger partial charge >= 0.3 is 5.69 Å². The molecule has 2 aromatic heterocycles. The van der Waals surface area contributed by atoms with Crippen LogP contribution in [0, 0.1) is 17.1 Å². The van der Waals surface area contributed by atoms with E-state index in [1.807, 2.05) is 72.4 Å². The molecule has 1 saturated carbocycles. The lowest BCUT2D eigenvalue weighted by molar-refractivity contribution is -0.122. The lowest BCUT2D eigenvalue weighted by Crippen LogP contribution is -2.47. The molecule has 2 aliphatic rings. The molecule has 0 unspecified atom stereocenters. The molecule has 1 aliphatic carbocycles. The van der Waals surface area contributed by atoms with Crippen molar-refractivity contribution < 1.29 is 9.18 Å². The molecule has 3 heterocycles. The highest BCUT2D eigenvalue weighted by molar-refractivity contribution is 7.99. The van der Waals surface area contributed by atoms with Crippen LogP contribution < -0.4 is 16.6 Å². The molecule has 1 saturated heterocycles. The van der Waals surface area contributed by atoms with Crippen LogP contribution >= 0.6 is 11.8 Å². The Morgan fingerprint density at radius 3 is 2.11 bits per heavy atom. The molecule has 10 heteroatoms. The fourth-order valence-electron chi connectivity index (χ4n) is 6.78. The molecule has 226 valence electrons. The van der Waals surface area contributed by atoms with Crippen molar-refractivity contribution in [1.29, 1.82) is 5.26 Å². The van der Waals surface area contributed by atoms with Crippen LogP contribution in [0.4, 0.5) is 4.39 Å². The summed E-state index contributed by atoms with van der Waals surface area (Å²) in [6, 6.07) is 21.7. The Balaban J connectivity index is 1.22. The maximum atomic E-state index is 14.2. The van der Waals surface area contributed by atoms with Gasteiger partial charge in [-0.05, 0) is 67.2 Å². The van der Waals surface area contributed by atoms with Crippen molar-refractivity contribution in [2.45, 2.75) is 68.5 Å². The average Bonchev–Trinajstić information content (AvgIpc) is 3.06.